The van der Waals surface area contributed by atoms with Crippen LogP contribution in [0, 0.1) is 12.3 Å². The molecule has 0 aliphatic heterocycles. The van der Waals surface area contributed by atoms with Crippen molar-refractivity contribution in [2.75, 3.05) is 0 Å². The summed E-state index contributed by atoms with van der Waals surface area (Å²) in [4.78, 5) is 3.33. The predicted octanol–water partition coefficient (Wildman–Crippen LogP) is 5.09. The van der Waals surface area contributed by atoms with Gasteiger partial charge in [0.2, 0.25) is 0 Å². The molecule has 1 heteroatoms. The first-order valence-electron chi connectivity index (χ1n) is 7.38. The van der Waals surface area contributed by atoms with Crippen LogP contribution in [0.4, 0.5) is 0 Å². The molecule has 0 bridgehead atoms. The lowest BCUT2D eigenvalue weighted by Gasteiger charge is -2.13. The van der Waals surface area contributed by atoms with Crippen molar-refractivity contribution in [3.63, 3.8) is 0 Å². The maximum Gasteiger partial charge on any atom is 0.0726 e. The van der Waals surface area contributed by atoms with Gasteiger partial charge in [-0.15, -0.1) is 6.42 Å². The van der Waals surface area contributed by atoms with Gasteiger partial charge in [-0.25, -0.2) is 0 Å². The van der Waals surface area contributed by atoms with Crippen LogP contribution >= 0.6 is 0 Å². The van der Waals surface area contributed by atoms with Crippen LogP contribution in [0.25, 0.3) is 21.7 Å². The fraction of sp³-hybridized carbons (Fsp3) is 0.0476. The van der Waals surface area contributed by atoms with Crippen molar-refractivity contribution in [2.45, 2.75) is 5.92 Å². The number of benzene rings is 3. The van der Waals surface area contributed by atoms with E-state index >= 15 is 0 Å². The molecule has 4 aromatic rings. The molecule has 0 saturated heterocycles. The summed E-state index contributed by atoms with van der Waals surface area (Å²) in [5.74, 6) is 2.93. The van der Waals surface area contributed by atoms with E-state index in [0.29, 0.717) is 0 Å². The second-order valence-electron chi connectivity index (χ2n) is 5.46. The molecule has 0 amide bonds. The van der Waals surface area contributed by atoms with Crippen molar-refractivity contribution in [2.24, 2.45) is 0 Å². The third kappa shape index (κ3) is 1.89. The first-order valence-corrected chi connectivity index (χ1v) is 7.38. The molecular formula is C21H15N. The quantitative estimate of drug-likeness (QED) is 0.493. The zero-order valence-corrected chi connectivity index (χ0v) is 12.1. The molecule has 3 aromatic carbocycles. The van der Waals surface area contributed by atoms with Gasteiger partial charge in [-0.3, -0.25) is 0 Å². The maximum absolute atomic E-state index is 5.91. The second kappa shape index (κ2) is 5.09. The number of terminal acetylenes is 1. The Balaban J connectivity index is 1.97. The van der Waals surface area contributed by atoms with Gasteiger partial charge in [0.05, 0.1) is 5.92 Å². The van der Waals surface area contributed by atoms with Gasteiger partial charge < -0.3 is 4.98 Å². The van der Waals surface area contributed by atoms with E-state index in [-0.39, 0.29) is 5.92 Å². The lowest BCUT2D eigenvalue weighted by Crippen LogP contribution is -1.98. The molecule has 0 aliphatic rings. The van der Waals surface area contributed by atoms with Crippen LogP contribution in [0.2, 0.25) is 0 Å². The Bertz CT molecular complexity index is 996. The Morgan fingerprint density at radius 2 is 1.50 bits per heavy atom. The van der Waals surface area contributed by atoms with Gasteiger partial charge in [-0.2, -0.15) is 0 Å². The monoisotopic (exact) mass is 281 g/mol. The van der Waals surface area contributed by atoms with Gasteiger partial charge >= 0.3 is 0 Å². The molecule has 0 aliphatic carbocycles. The van der Waals surface area contributed by atoms with E-state index in [1.165, 1.54) is 21.7 Å². The van der Waals surface area contributed by atoms with E-state index in [1.807, 2.05) is 12.3 Å². The smallest absolute Gasteiger partial charge is 0.0726 e. The number of H-pyrrole nitrogens is 1. The van der Waals surface area contributed by atoms with E-state index in [4.69, 9.17) is 6.42 Å². The van der Waals surface area contributed by atoms with E-state index in [9.17, 15) is 0 Å². The average molecular weight is 281 g/mol. The number of hydrogen-bond donors (Lipinski definition) is 1. The zero-order valence-electron chi connectivity index (χ0n) is 12.1. The molecule has 0 unspecified atom stereocenters. The number of hydrogen-bond acceptors (Lipinski definition) is 0. The first-order chi connectivity index (χ1) is 10.9. The molecule has 1 atom stereocenters. The molecule has 0 fully saturated rings. The highest BCUT2D eigenvalue weighted by Gasteiger charge is 2.17. The molecule has 1 N–H and O–H groups in total. The van der Waals surface area contributed by atoms with Gasteiger partial charge in [0.25, 0.3) is 0 Å². The summed E-state index contributed by atoms with van der Waals surface area (Å²) in [6.07, 6.45) is 7.95. The Morgan fingerprint density at radius 1 is 0.773 bits per heavy atom. The van der Waals surface area contributed by atoms with Crippen molar-refractivity contribution < 1.29 is 0 Å². The second-order valence-corrected chi connectivity index (χ2v) is 5.46. The minimum atomic E-state index is -0.0535. The molecule has 0 saturated carbocycles. The van der Waals surface area contributed by atoms with Gasteiger partial charge in [0.1, 0.15) is 0 Å². The fourth-order valence-electron chi connectivity index (χ4n) is 3.18. The Kier molecular flexibility index (Phi) is 2.95. The lowest BCUT2D eigenvalue weighted by atomic mass is 9.88. The Morgan fingerprint density at radius 3 is 2.36 bits per heavy atom. The maximum atomic E-state index is 5.91. The largest absolute Gasteiger partial charge is 0.361 e. The standard InChI is InChI=1S/C21H15N/c1-2-16(20-14-22-21-13-6-5-11-19(20)21)18-12-7-9-15-8-3-4-10-17(15)18/h1,3-14,16,22H/t16-/m1/s1. The van der Waals surface area contributed by atoms with E-state index < -0.39 is 0 Å². The third-order valence-corrected chi connectivity index (χ3v) is 4.23. The Labute approximate surface area is 129 Å². The van der Waals surface area contributed by atoms with Crippen molar-refractivity contribution in [3.8, 4) is 12.3 Å². The normalized spacial score (nSPS) is 12.3. The molecule has 0 spiro atoms. The number of aromatic amines is 1. The summed E-state index contributed by atoms with van der Waals surface area (Å²) in [5.41, 5.74) is 3.47. The predicted molar refractivity (Wildman–Crippen MR) is 92.9 cm³/mol. The van der Waals surface area contributed by atoms with Crippen LogP contribution in [0.5, 0.6) is 0 Å². The van der Waals surface area contributed by atoms with E-state index in [1.54, 1.807) is 0 Å². The van der Waals surface area contributed by atoms with Gasteiger partial charge in [0, 0.05) is 17.1 Å². The minimum Gasteiger partial charge on any atom is -0.361 e. The molecule has 1 aromatic heterocycles. The summed E-state index contributed by atoms with van der Waals surface area (Å²) in [7, 11) is 0. The van der Waals surface area contributed by atoms with E-state index in [0.717, 1.165) is 11.1 Å². The van der Waals surface area contributed by atoms with Crippen LogP contribution in [-0.4, -0.2) is 4.98 Å². The summed E-state index contributed by atoms with van der Waals surface area (Å²) < 4.78 is 0. The fourth-order valence-corrected chi connectivity index (χ4v) is 3.18. The number of fused-ring (bicyclic) bond motifs is 2. The molecule has 0 radical (unpaired) electrons. The number of nitrogens with one attached hydrogen (secondary N) is 1. The number of rotatable bonds is 2. The van der Waals surface area contributed by atoms with Crippen LogP contribution in [0.1, 0.15) is 17.0 Å². The molecule has 1 nitrogen and oxygen atoms in total. The van der Waals surface area contributed by atoms with Gasteiger partial charge in [0.15, 0.2) is 0 Å². The lowest BCUT2D eigenvalue weighted by molar-refractivity contribution is 1.09. The number of aromatic nitrogens is 1. The molecular weight excluding hydrogens is 266 g/mol. The van der Waals surface area contributed by atoms with Crippen molar-refractivity contribution in [3.05, 3.63) is 84.1 Å². The molecule has 104 valence electrons. The molecule has 22 heavy (non-hydrogen) atoms. The topological polar surface area (TPSA) is 15.8 Å². The highest BCUT2D eigenvalue weighted by atomic mass is 14.7. The first kappa shape index (κ1) is 12.7. The third-order valence-electron chi connectivity index (χ3n) is 4.23. The SMILES string of the molecule is C#C[C@H](c1cccc2ccccc12)c1c[nH]c2ccccc12. The summed E-state index contributed by atoms with van der Waals surface area (Å²) in [5, 5.41) is 3.64. The molecule has 4 rings (SSSR count). The van der Waals surface area contributed by atoms with Gasteiger partial charge in [-0.1, -0.05) is 66.6 Å². The number of para-hydroxylation sites is 1. The van der Waals surface area contributed by atoms with E-state index in [2.05, 4.69) is 71.6 Å². The summed E-state index contributed by atoms with van der Waals surface area (Å²) in [6, 6.07) is 23.0. The van der Waals surface area contributed by atoms with Crippen LogP contribution in [0.15, 0.2) is 72.9 Å². The summed E-state index contributed by atoms with van der Waals surface area (Å²) in [6.45, 7) is 0. The Hall–Kier alpha value is -2.98. The zero-order chi connectivity index (χ0) is 14.9. The van der Waals surface area contributed by atoms with Crippen molar-refractivity contribution >= 4 is 21.7 Å². The minimum absolute atomic E-state index is 0.0535. The van der Waals surface area contributed by atoms with Crippen LogP contribution in [-0.2, 0) is 0 Å². The van der Waals surface area contributed by atoms with Gasteiger partial charge in [-0.05, 0) is 28.0 Å². The summed E-state index contributed by atoms with van der Waals surface area (Å²) >= 11 is 0. The van der Waals surface area contributed by atoms with Crippen LogP contribution in [0.3, 0.4) is 0 Å². The van der Waals surface area contributed by atoms with Crippen molar-refractivity contribution in [1.29, 1.82) is 0 Å². The van der Waals surface area contributed by atoms with Crippen LogP contribution < -0.4 is 0 Å². The highest BCUT2D eigenvalue weighted by Crippen LogP contribution is 2.34. The van der Waals surface area contributed by atoms with Crippen molar-refractivity contribution in [1.82, 2.24) is 4.98 Å². The highest BCUT2D eigenvalue weighted by molar-refractivity contribution is 5.90. The average Bonchev–Trinajstić information content (AvgIpc) is 3.00. The molecule has 1 heterocycles.